The van der Waals surface area contributed by atoms with Crippen molar-refractivity contribution in [2.75, 3.05) is 12.3 Å². The van der Waals surface area contributed by atoms with Crippen LogP contribution in [0.2, 0.25) is 0 Å². The Balaban J connectivity index is 2.02. The van der Waals surface area contributed by atoms with Gasteiger partial charge in [-0.2, -0.15) is 5.10 Å². The summed E-state index contributed by atoms with van der Waals surface area (Å²) in [5.41, 5.74) is 9.18. The number of carboxylic acids is 1. The molecular weight excluding hydrogens is 244 g/mol. The Morgan fingerprint density at radius 1 is 1.37 bits per heavy atom. The first-order chi connectivity index (χ1) is 9.16. The predicted octanol–water partition coefficient (Wildman–Crippen LogP) is 0.798. The van der Waals surface area contributed by atoms with Crippen molar-refractivity contribution in [3.05, 3.63) is 41.1 Å². The summed E-state index contributed by atoms with van der Waals surface area (Å²) in [5.74, 6) is -0.303. The lowest BCUT2D eigenvalue weighted by Crippen LogP contribution is -2.23. The number of fused-ring (bicyclic) bond motifs is 1. The average molecular weight is 258 g/mol. The molecule has 2 aromatic rings. The van der Waals surface area contributed by atoms with Gasteiger partial charge in [-0.25, -0.2) is 9.48 Å². The maximum atomic E-state index is 10.8. The van der Waals surface area contributed by atoms with Crippen molar-refractivity contribution < 1.29 is 9.90 Å². The number of aromatic nitrogens is 2. The van der Waals surface area contributed by atoms with Crippen molar-refractivity contribution in [2.24, 2.45) is 0 Å². The van der Waals surface area contributed by atoms with Gasteiger partial charge < -0.3 is 16.2 Å². The van der Waals surface area contributed by atoms with Crippen LogP contribution >= 0.6 is 0 Å². The third kappa shape index (κ3) is 1.96. The molecule has 1 aliphatic rings. The molecule has 0 fully saturated rings. The smallest absolute Gasteiger partial charge is 0.335 e. The van der Waals surface area contributed by atoms with Gasteiger partial charge in [-0.1, -0.05) is 0 Å². The van der Waals surface area contributed by atoms with Crippen LogP contribution in [0, 0.1) is 0 Å². The van der Waals surface area contributed by atoms with Crippen LogP contribution < -0.4 is 11.1 Å². The summed E-state index contributed by atoms with van der Waals surface area (Å²) in [7, 11) is 0. The number of rotatable bonds is 2. The lowest BCUT2D eigenvalue weighted by molar-refractivity contribution is 0.0697. The molecule has 0 radical (unpaired) electrons. The van der Waals surface area contributed by atoms with Gasteiger partial charge in [-0.05, 0) is 37.2 Å². The number of nitrogens with zero attached hydrogens (tertiary/aromatic N) is 2. The first-order valence-electron chi connectivity index (χ1n) is 6.07. The van der Waals surface area contributed by atoms with Gasteiger partial charge in [0.05, 0.1) is 16.9 Å². The summed E-state index contributed by atoms with van der Waals surface area (Å²) in [5, 5.41) is 16.6. The van der Waals surface area contributed by atoms with E-state index in [1.165, 1.54) is 0 Å². The first kappa shape index (κ1) is 11.7. The van der Waals surface area contributed by atoms with Crippen molar-refractivity contribution in [2.45, 2.75) is 13.0 Å². The van der Waals surface area contributed by atoms with E-state index in [-0.39, 0.29) is 5.56 Å². The number of anilines is 1. The third-order valence-electron chi connectivity index (χ3n) is 3.31. The Morgan fingerprint density at radius 2 is 2.11 bits per heavy atom. The number of nitrogens with one attached hydrogen (secondary N) is 1. The van der Waals surface area contributed by atoms with E-state index in [0.717, 1.165) is 36.5 Å². The van der Waals surface area contributed by atoms with Crippen molar-refractivity contribution in [1.29, 1.82) is 0 Å². The summed E-state index contributed by atoms with van der Waals surface area (Å²) in [6.07, 6.45) is 0.869. The predicted molar refractivity (Wildman–Crippen MR) is 70.3 cm³/mol. The van der Waals surface area contributed by atoms with Gasteiger partial charge >= 0.3 is 5.97 Å². The maximum absolute atomic E-state index is 10.8. The molecule has 1 aromatic carbocycles. The maximum Gasteiger partial charge on any atom is 0.335 e. The average Bonchev–Trinajstić information content (AvgIpc) is 2.77. The van der Waals surface area contributed by atoms with Gasteiger partial charge in [0.1, 0.15) is 5.82 Å². The summed E-state index contributed by atoms with van der Waals surface area (Å²) in [6, 6.07) is 6.53. The molecule has 0 atom stereocenters. The Labute approximate surface area is 109 Å². The van der Waals surface area contributed by atoms with Crippen LogP contribution in [0.4, 0.5) is 5.82 Å². The van der Waals surface area contributed by atoms with Crippen LogP contribution in [0.1, 0.15) is 21.6 Å². The number of benzene rings is 1. The van der Waals surface area contributed by atoms with Crippen LogP contribution in [0.25, 0.3) is 5.69 Å². The minimum atomic E-state index is -0.941. The summed E-state index contributed by atoms with van der Waals surface area (Å²) in [6.45, 7) is 1.63. The molecule has 0 aliphatic carbocycles. The number of carboxylic acid groups (broad SMARTS) is 1. The highest BCUT2D eigenvalue weighted by atomic mass is 16.4. The van der Waals surface area contributed by atoms with E-state index in [1.54, 1.807) is 28.9 Å². The highest BCUT2D eigenvalue weighted by molar-refractivity contribution is 5.87. The van der Waals surface area contributed by atoms with Crippen molar-refractivity contribution in [1.82, 2.24) is 15.1 Å². The van der Waals surface area contributed by atoms with Gasteiger partial charge in [0.2, 0.25) is 0 Å². The second kappa shape index (κ2) is 4.40. The Morgan fingerprint density at radius 3 is 2.74 bits per heavy atom. The van der Waals surface area contributed by atoms with Crippen LogP contribution in [0.5, 0.6) is 0 Å². The largest absolute Gasteiger partial charge is 0.478 e. The molecule has 19 heavy (non-hydrogen) atoms. The Hall–Kier alpha value is -2.34. The second-order valence-electron chi connectivity index (χ2n) is 4.50. The minimum absolute atomic E-state index is 0.251. The van der Waals surface area contributed by atoms with Crippen LogP contribution in [-0.2, 0) is 13.0 Å². The minimum Gasteiger partial charge on any atom is -0.478 e. The quantitative estimate of drug-likeness (QED) is 0.740. The number of hydrogen-bond acceptors (Lipinski definition) is 4. The molecule has 1 aliphatic heterocycles. The molecule has 4 N–H and O–H groups in total. The zero-order valence-corrected chi connectivity index (χ0v) is 10.3. The molecule has 98 valence electrons. The molecule has 0 unspecified atom stereocenters. The summed E-state index contributed by atoms with van der Waals surface area (Å²) in [4.78, 5) is 10.8. The molecule has 0 spiro atoms. The van der Waals surface area contributed by atoms with Gasteiger partial charge in [-0.15, -0.1) is 0 Å². The first-order valence-corrected chi connectivity index (χ1v) is 6.07. The highest BCUT2D eigenvalue weighted by Gasteiger charge is 2.19. The van der Waals surface area contributed by atoms with Crippen molar-refractivity contribution in [3.63, 3.8) is 0 Å². The molecule has 3 rings (SSSR count). The van der Waals surface area contributed by atoms with E-state index in [0.29, 0.717) is 5.82 Å². The summed E-state index contributed by atoms with van der Waals surface area (Å²) >= 11 is 0. The normalized spacial score (nSPS) is 14.1. The van der Waals surface area contributed by atoms with E-state index in [4.69, 9.17) is 10.8 Å². The zero-order valence-electron chi connectivity index (χ0n) is 10.3. The van der Waals surface area contributed by atoms with E-state index >= 15 is 0 Å². The number of nitrogen functional groups attached to an aromatic ring is 1. The van der Waals surface area contributed by atoms with E-state index in [2.05, 4.69) is 10.4 Å². The fourth-order valence-electron chi connectivity index (χ4n) is 2.29. The highest BCUT2D eigenvalue weighted by Crippen LogP contribution is 2.23. The Kier molecular flexibility index (Phi) is 2.72. The molecule has 6 nitrogen and oxygen atoms in total. The van der Waals surface area contributed by atoms with Gasteiger partial charge in [-0.3, -0.25) is 0 Å². The fourth-order valence-corrected chi connectivity index (χ4v) is 2.29. The standard InChI is InChI=1S/C13H14N4O2/c14-12-10-5-6-15-7-11(10)16-17(12)9-3-1-8(2-4-9)13(18)19/h1-4,15H,5-7,14H2,(H,18,19). The van der Waals surface area contributed by atoms with Gasteiger partial charge in [0, 0.05) is 12.1 Å². The van der Waals surface area contributed by atoms with Gasteiger partial charge in [0.15, 0.2) is 0 Å². The molecule has 1 aromatic heterocycles. The van der Waals surface area contributed by atoms with Crippen LogP contribution in [0.3, 0.4) is 0 Å². The molecule has 2 heterocycles. The van der Waals surface area contributed by atoms with Crippen molar-refractivity contribution in [3.8, 4) is 5.69 Å². The number of nitrogens with two attached hydrogens (primary N) is 1. The number of carbonyl (C=O) groups is 1. The second-order valence-corrected chi connectivity index (χ2v) is 4.50. The molecule has 6 heteroatoms. The van der Waals surface area contributed by atoms with Crippen molar-refractivity contribution >= 4 is 11.8 Å². The fraction of sp³-hybridized carbons (Fsp3) is 0.231. The van der Waals surface area contributed by atoms with Crippen LogP contribution in [0.15, 0.2) is 24.3 Å². The Bertz CT molecular complexity index is 631. The van der Waals surface area contributed by atoms with E-state index in [1.807, 2.05) is 0 Å². The molecule has 0 saturated carbocycles. The lowest BCUT2D eigenvalue weighted by atomic mass is 10.1. The number of hydrogen-bond donors (Lipinski definition) is 3. The molecule has 0 saturated heterocycles. The lowest BCUT2D eigenvalue weighted by Gasteiger charge is -2.10. The number of aromatic carboxylic acids is 1. The zero-order chi connectivity index (χ0) is 13.4. The monoisotopic (exact) mass is 258 g/mol. The third-order valence-corrected chi connectivity index (χ3v) is 3.31. The van der Waals surface area contributed by atoms with E-state index < -0.39 is 5.97 Å². The van der Waals surface area contributed by atoms with Crippen LogP contribution in [-0.4, -0.2) is 27.4 Å². The van der Waals surface area contributed by atoms with Gasteiger partial charge in [0.25, 0.3) is 0 Å². The SMILES string of the molecule is Nc1c2c(nn1-c1ccc(C(=O)O)cc1)CNCC2. The molecule has 0 amide bonds. The topological polar surface area (TPSA) is 93.2 Å². The summed E-state index contributed by atoms with van der Waals surface area (Å²) < 4.78 is 1.67. The van der Waals surface area contributed by atoms with E-state index in [9.17, 15) is 4.79 Å². The molecule has 0 bridgehead atoms. The molecular formula is C13H14N4O2.